The van der Waals surface area contributed by atoms with E-state index in [0.29, 0.717) is 17.1 Å². The molecule has 0 aliphatic carbocycles. The van der Waals surface area contributed by atoms with Crippen LogP contribution in [0.15, 0.2) is 55.1 Å². The van der Waals surface area contributed by atoms with Gasteiger partial charge in [0.25, 0.3) is 5.91 Å². The fourth-order valence-electron chi connectivity index (χ4n) is 3.26. The van der Waals surface area contributed by atoms with Crippen LogP contribution in [0.2, 0.25) is 0 Å². The van der Waals surface area contributed by atoms with Crippen molar-refractivity contribution in [1.82, 2.24) is 25.3 Å². The molecule has 3 N–H and O–H groups in total. The number of nitrogens with two attached hydrogens (primary N) is 1. The highest BCUT2D eigenvalue weighted by atomic mass is 16.1. The first kappa shape index (κ1) is 17.8. The molecule has 0 bridgehead atoms. The van der Waals surface area contributed by atoms with Crippen LogP contribution in [0.25, 0.3) is 11.3 Å². The Hall–Kier alpha value is -3.55. The summed E-state index contributed by atoms with van der Waals surface area (Å²) in [6.45, 7) is 1.64. The molecule has 2 aromatic heterocycles. The molecule has 1 fully saturated rings. The molecule has 28 heavy (non-hydrogen) atoms. The lowest BCUT2D eigenvalue weighted by Crippen LogP contribution is -2.45. The number of benzene rings is 1. The Morgan fingerprint density at radius 2 is 1.79 bits per heavy atom. The second-order valence-corrected chi connectivity index (χ2v) is 6.69. The van der Waals surface area contributed by atoms with Gasteiger partial charge in [-0.05, 0) is 31.0 Å². The van der Waals surface area contributed by atoms with E-state index < -0.39 is 0 Å². The van der Waals surface area contributed by atoms with E-state index in [9.17, 15) is 4.79 Å². The molecule has 0 radical (unpaired) electrons. The Morgan fingerprint density at radius 1 is 1.07 bits per heavy atom. The number of rotatable bonds is 4. The summed E-state index contributed by atoms with van der Waals surface area (Å²) in [5.74, 6) is 1.04. The third-order valence-electron chi connectivity index (χ3n) is 4.76. The molecule has 142 valence electrons. The van der Waals surface area contributed by atoms with E-state index in [0.717, 1.165) is 37.4 Å². The number of aromatic nitrogens is 4. The minimum absolute atomic E-state index is 0.0698. The summed E-state index contributed by atoms with van der Waals surface area (Å²) in [5.41, 5.74) is 7.85. The van der Waals surface area contributed by atoms with Crippen molar-refractivity contribution >= 4 is 17.7 Å². The van der Waals surface area contributed by atoms with Crippen molar-refractivity contribution < 1.29 is 4.79 Å². The maximum Gasteiger partial charge on any atom is 0.251 e. The summed E-state index contributed by atoms with van der Waals surface area (Å²) in [5, 5.41) is 3.12. The molecule has 3 heterocycles. The van der Waals surface area contributed by atoms with Crippen LogP contribution in [0.4, 0.5) is 11.8 Å². The molecule has 4 rings (SSSR count). The number of carbonyl (C=O) groups is 1. The number of nitrogens with zero attached hydrogens (tertiary/aromatic N) is 5. The van der Waals surface area contributed by atoms with Gasteiger partial charge in [0.2, 0.25) is 5.95 Å². The van der Waals surface area contributed by atoms with Gasteiger partial charge in [0.15, 0.2) is 0 Å². The predicted molar refractivity (Wildman–Crippen MR) is 107 cm³/mol. The van der Waals surface area contributed by atoms with E-state index in [-0.39, 0.29) is 11.9 Å². The molecular weight excluding hydrogens is 354 g/mol. The monoisotopic (exact) mass is 375 g/mol. The molecule has 8 heteroatoms. The lowest BCUT2D eigenvalue weighted by atomic mass is 10.0. The van der Waals surface area contributed by atoms with Gasteiger partial charge in [0, 0.05) is 42.7 Å². The highest BCUT2D eigenvalue weighted by molar-refractivity contribution is 5.94. The van der Waals surface area contributed by atoms with E-state index >= 15 is 0 Å². The molecule has 0 atom stereocenters. The average Bonchev–Trinajstić information content (AvgIpc) is 2.75. The molecule has 1 aromatic carbocycles. The molecule has 1 saturated heterocycles. The standard InChI is InChI=1S/C20H21N7O/c21-18-13-22-12-17(26-18)14-2-4-15(5-3-14)19(28)25-16-6-10-27(11-7-16)20-23-8-1-9-24-20/h1-5,8-9,12-13,16H,6-7,10-11H2,(H2,21,26)(H,25,28). The number of nitrogen functional groups attached to an aromatic ring is 1. The van der Waals surface area contributed by atoms with Gasteiger partial charge in [-0.1, -0.05) is 12.1 Å². The number of anilines is 2. The summed E-state index contributed by atoms with van der Waals surface area (Å²) in [4.78, 5) is 31.6. The highest BCUT2D eigenvalue weighted by Gasteiger charge is 2.22. The summed E-state index contributed by atoms with van der Waals surface area (Å²) >= 11 is 0. The first-order valence-electron chi connectivity index (χ1n) is 9.20. The smallest absolute Gasteiger partial charge is 0.251 e. The van der Waals surface area contributed by atoms with Crippen molar-refractivity contribution in [2.75, 3.05) is 23.7 Å². The molecule has 8 nitrogen and oxygen atoms in total. The second kappa shape index (κ2) is 7.99. The number of carbonyl (C=O) groups excluding carboxylic acids is 1. The lowest BCUT2D eigenvalue weighted by molar-refractivity contribution is 0.0931. The van der Waals surface area contributed by atoms with Gasteiger partial charge < -0.3 is 16.0 Å². The van der Waals surface area contributed by atoms with E-state index in [1.807, 2.05) is 12.1 Å². The maximum atomic E-state index is 12.6. The maximum absolute atomic E-state index is 12.6. The van der Waals surface area contributed by atoms with Crippen LogP contribution in [0, 0.1) is 0 Å². The normalized spacial score (nSPS) is 14.6. The zero-order valence-corrected chi connectivity index (χ0v) is 15.3. The number of amides is 1. The molecule has 0 spiro atoms. The first-order valence-corrected chi connectivity index (χ1v) is 9.20. The lowest BCUT2D eigenvalue weighted by Gasteiger charge is -2.32. The fourth-order valence-corrected chi connectivity index (χ4v) is 3.26. The van der Waals surface area contributed by atoms with Crippen LogP contribution in [0.3, 0.4) is 0 Å². The van der Waals surface area contributed by atoms with Crippen molar-refractivity contribution in [3.05, 3.63) is 60.7 Å². The van der Waals surface area contributed by atoms with Gasteiger partial charge in [-0.25, -0.2) is 15.0 Å². The third-order valence-corrected chi connectivity index (χ3v) is 4.76. The van der Waals surface area contributed by atoms with Crippen molar-refractivity contribution in [3.63, 3.8) is 0 Å². The van der Waals surface area contributed by atoms with Gasteiger partial charge in [-0.2, -0.15) is 0 Å². The minimum Gasteiger partial charge on any atom is -0.382 e. The van der Waals surface area contributed by atoms with Crippen LogP contribution in [0.5, 0.6) is 0 Å². The molecule has 1 aliphatic rings. The predicted octanol–water partition coefficient (Wildman–Crippen LogP) is 1.91. The fraction of sp³-hybridized carbons (Fsp3) is 0.250. The van der Waals surface area contributed by atoms with Crippen molar-refractivity contribution in [2.24, 2.45) is 0 Å². The Bertz CT molecular complexity index is 938. The third kappa shape index (κ3) is 4.06. The van der Waals surface area contributed by atoms with Gasteiger partial charge in [-0.15, -0.1) is 0 Å². The van der Waals surface area contributed by atoms with Crippen molar-refractivity contribution in [1.29, 1.82) is 0 Å². The highest BCUT2D eigenvalue weighted by Crippen LogP contribution is 2.19. The molecule has 0 unspecified atom stereocenters. The Labute approximate surface area is 162 Å². The van der Waals surface area contributed by atoms with E-state index in [2.05, 4.69) is 30.2 Å². The van der Waals surface area contributed by atoms with Crippen LogP contribution in [-0.2, 0) is 0 Å². The van der Waals surface area contributed by atoms with Crippen molar-refractivity contribution in [2.45, 2.75) is 18.9 Å². The number of piperidine rings is 1. The molecule has 1 amide bonds. The molecule has 1 aliphatic heterocycles. The van der Waals surface area contributed by atoms with Crippen LogP contribution < -0.4 is 16.0 Å². The average molecular weight is 375 g/mol. The summed E-state index contributed by atoms with van der Waals surface area (Å²) < 4.78 is 0. The summed E-state index contributed by atoms with van der Waals surface area (Å²) in [6, 6.07) is 9.25. The van der Waals surface area contributed by atoms with Crippen LogP contribution in [0.1, 0.15) is 23.2 Å². The molecule has 0 saturated carbocycles. The zero-order chi connectivity index (χ0) is 19.3. The number of hydrogen-bond acceptors (Lipinski definition) is 7. The van der Waals surface area contributed by atoms with Gasteiger partial charge in [0.1, 0.15) is 5.82 Å². The summed E-state index contributed by atoms with van der Waals surface area (Å²) in [6.07, 6.45) is 8.36. The van der Waals surface area contributed by atoms with Crippen LogP contribution >= 0.6 is 0 Å². The van der Waals surface area contributed by atoms with Crippen molar-refractivity contribution in [3.8, 4) is 11.3 Å². The van der Waals surface area contributed by atoms with E-state index in [1.54, 1.807) is 36.8 Å². The van der Waals surface area contributed by atoms with Gasteiger partial charge >= 0.3 is 0 Å². The Kier molecular flexibility index (Phi) is 5.09. The second-order valence-electron chi connectivity index (χ2n) is 6.69. The quantitative estimate of drug-likeness (QED) is 0.717. The Morgan fingerprint density at radius 3 is 2.46 bits per heavy atom. The summed E-state index contributed by atoms with van der Waals surface area (Å²) in [7, 11) is 0. The van der Waals surface area contributed by atoms with Gasteiger partial charge in [0.05, 0.1) is 18.1 Å². The number of hydrogen-bond donors (Lipinski definition) is 2. The SMILES string of the molecule is Nc1cncc(-c2ccc(C(=O)NC3CCN(c4ncccn4)CC3)cc2)n1. The Balaban J connectivity index is 1.34. The zero-order valence-electron chi connectivity index (χ0n) is 15.3. The largest absolute Gasteiger partial charge is 0.382 e. The van der Waals surface area contributed by atoms with E-state index in [4.69, 9.17) is 5.73 Å². The minimum atomic E-state index is -0.0698. The van der Waals surface area contributed by atoms with E-state index in [1.165, 1.54) is 6.20 Å². The number of nitrogens with one attached hydrogen (secondary N) is 1. The first-order chi connectivity index (χ1) is 13.7. The molecular formula is C20H21N7O. The van der Waals surface area contributed by atoms with Gasteiger partial charge in [-0.3, -0.25) is 9.78 Å². The van der Waals surface area contributed by atoms with Crippen LogP contribution in [-0.4, -0.2) is 45.0 Å². The topological polar surface area (TPSA) is 110 Å². The molecule has 3 aromatic rings.